The van der Waals surface area contributed by atoms with Gasteiger partial charge in [-0.15, -0.1) is 0 Å². The maximum Gasteiger partial charge on any atom is 0.0940 e. The molecule has 5 N–H and O–H groups in total. The van der Waals surface area contributed by atoms with Crippen molar-refractivity contribution >= 4 is 5.84 Å². The lowest BCUT2D eigenvalue weighted by Gasteiger charge is -2.18. The molecule has 0 amide bonds. The average molecular weight is 249 g/mol. The summed E-state index contributed by atoms with van der Waals surface area (Å²) < 4.78 is 0. The van der Waals surface area contributed by atoms with Crippen LogP contribution in [0.4, 0.5) is 0 Å². The first-order valence-corrected chi connectivity index (χ1v) is 6.36. The van der Waals surface area contributed by atoms with Crippen LogP contribution in [-0.2, 0) is 0 Å². The molecule has 2 atom stereocenters. The second-order valence-electron chi connectivity index (χ2n) is 4.54. The Morgan fingerprint density at radius 1 is 1.28 bits per heavy atom. The minimum absolute atomic E-state index is 0.227. The number of nitrogens with zero attached hydrogens (tertiary/aromatic N) is 1. The number of nitrogens with two attached hydrogens (primary N) is 2. The number of aliphatic hydroxyl groups is 1. The molecule has 4 heteroatoms. The second-order valence-corrected chi connectivity index (χ2v) is 4.54. The van der Waals surface area contributed by atoms with Gasteiger partial charge >= 0.3 is 0 Å². The van der Waals surface area contributed by atoms with Crippen molar-refractivity contribution in [3.63, 3.8) is 0 Å². The van der Waals surface area contributed by atoms with E-state index >= 15 is 0 Å². The van der Waals surface area contributed by atoms with Gasteiger partial charge in [0.1, 0.15) is 0 Å². The van der Waals surface area contributed by atoms with Crippen LogP contribution in [0.5, 0.6) is 0 Å². The van der Waals surface area contributed by atoms with Crippen molar-refractivity contribution in [2.45, 2.75) is 38.3 Å². The smallest absolute Gasteiger partial charge is 0.0940 e. The zero-order chi connectivity index (χ0) is 13.4. The van der Waals surface area contributed by atoms with E-state index in [-0.39, 0.29) is 6.04 Å². The molecule has 1 aromatic rings. The molecule has 0 fully saturated rings. The van der Waals surface area contributed by atoms with E-state index in [9.17, 15) is 5.11 Å². The average Bonchev–Trinajstić information content (AvgIpc) is 2.38. The summed E-state index contributed by atoms with van der Waals surface area (Å²) in [5.74, 6) is 0.614. The highest BCUT2D eigenvalue weighted by Gasteiger charge is 2.15. The molecule has 1 aromatic carbocycles. The molecular weight excluding hydrogens is 226 g/mol. The van der Waals surface area contributed by atoms with Crippen LogP contribution in [0.15, 0.2) is 35.3 Å². The number of hydrogen-bond donors (Lipinski definition) is 3. The summed E-state index contributed by atoms with van der Waals surface area (Å²) in [6.45, 7) is 2.52. The van der Waals surface area contributed by atoms with Gasteiger partial charge in [0.2, 0.25) is 0 Å². The fourth-order valence-electron chi connectivity index (χ4n) is 1.80. The van der Waals surface area contributed by atoms with E-state index in [0.29, 0.717) is 5.84 Å². The third kappa shape index (κ3) is 5.29. The molecule has 0 aliphatic heterocycles. The van der Waals surface area contributed by atoms with E-state index in [4.69, 9.17) is 11.5 Å². The third-order valence-electron chi connectivity index (χ3n) is 2.85. The summed E-state index contributed by atoms with van der Waals surface area (Å²) in [5.41, 5.74) is 12.3. The first-order valence-electron chi connectivity index (χ1n) is 6.36. The highest BCUT2D eigenvalue weighted by molar-refractivity contribution is 5.77. The van der Waals surface area contributed by atoms with Gasteiger partial charge in [-0.05, 0) is 31.7 Å². The molecule has 0 aromatic heterocycles. The van der Waals surface area contributed by atoms with Gasteiger partial charge in [-0.25, -0.2) is 0 Å². The minimum Gasteiger partial charge on any atom is -0.388 e. The molecular formula is C14H23N3O. The van der Waals surface area contributed by atoms with E-state index in [2.05, 4.69) is 4.99 Å². The second kappa shape index (κ2) is 7.84. The van der Waals surface area contributed by atoms with Crippen molar-refractivity contribution in [1.29, 1.82) is 0 Å². The molecule has 0 heterocycles. The van der Waals surface area contributed by atoms with E-state index in [1.807, 2.05) is 30.3 Å². The van der Waals surface area contributed by atoms with Gasteiger partial charge < -0.3 is 16.6 Å². The Bertz CT molecular complexity index is 361. The highest BCUT2D eigenvalue weighted by Crippen LogP contribution is 2.18. The molecule has 0 aliphatic rings. The van der Waals surface area contributed by atoms with Crippen LogP contribution in [0.25, 0.3) is 0 Å². The Hall–Kier alpha value is -1.39. The van der Waals surface area contributed by atoms with E-state index in [0.717, 1.165) is 31.4 Å². The fraction of sp³-hybridized carbons (Fsp3) is 0.500. The van der Waals surface area contributed by atoms with Gasteiger partial charge in [0, 0.05) is 12.6 Å². The van der Waals surface area contributed by atoms with E-state index in [1.54, 1.807) is 6.92 Å². The monoisotopic (exact) mass is 249 g/mol. The van der Waals surface area contributed by atoms with Crippen LogP contribution in [0.3, 0.4) is 0 Å². The molecule has 100 valence electrons. The summed E-state index contributed by atoms with van der Waals surface area (Å²) in [6, 6.07) is 9.30. The van der Waals surface area contributed by atoms with Gasteiger partial charge in [0.25, 0.3) is 0 Å². The maximum atomic E-state index is 10.1. The highest BCUT2D eigenvalue weighted by atomic mass is 16.3. The Morgan fingerprint density at radius 3 is 2.56 bits per heavy atom. The lowest BCUT2D eigenvalue weighted by atomic mass is 9.98. The molecule has 0 spiro atoms. The zero-order valence-corrected chi connectivity index (χ0v) is 10.9. The number of benzene rings is 1. The molecule has 0 saturated carbocycles. The largest absolute Gasteiger partial charge is 0.388 e. The first-order chi connectivity index (χ1) is 8.61. The Morgan fingerprint density at radius 2 is 1.94 bits per heavy atom. The van der Waals surface area contributed by atoms with Crippen LogP contribution in [-0.4, -0.2) is 23.5 Å². The quantitative estimate of drug-likeness (QED) is 0.390. The predicted octanol–water partition coefficient (Wildman–Crippen LogP) is 1.59. The van der Waals surface area contributed by atoms with Crippen molar-refractivity contribution in [2.75, 3.05) is 6.54 Å². The van der Waals surface area contributed by atoms with Crippen LogP contribution in [0.2, 0.25) is 0 Å². The zero-order valence-electron chi connectivity index (χ0n) is 10.9. The topological polar surface area (TPSA) is 84.6 Å². The van der Waals surface area contributed by atoms with Crippen LogP contribution in [0, 0.1) is 0 Å². The van der Waals surface area contributed by atoms with Crippen LogP contribution < -0.4 is 11.5 Å². The van der Waals surface area contributed by atoms with Gasteiger partial charge in [-0.3, -0.25) is 4.99 Å². The Kier molecular flexibility index (Phi) is 6.39. The normalized spacial score (nSPS) is 15.4. The standard InChI is InChI=1S/C14H23N3O/c1-11(15)17-10-6-5-9-13(16)14(18)12-7-3-2-4-8-12/h2-4,7-8,13-14,18H,5-6,9-10,16H2,1H3,(H2,15,17)/t13-,14?/m0/s1. The van der Waals surface area contributed by atoms with Crippen molar-refractivity contribution in [3.05, 3.63) is 35.9 Å². The number of amidine groups is 1. The molecule has 0 bridgehead atoms. The van der Waals surface area contributed by atoms with Gasteiger partial charge in [-0.2, -0.15) is 0 Å². The first kappa shape index (κ1) is 14.7. The SMILES string of the molecule is CC(N)=NCCCC[C@H](N)C(O)c1ccccc1. The number of aliphatic imine (C=N–C) groups is 1. The summed E-state index contributed by atoms with van der Waals surface area (Å²) in [6.07, 6.45) is 2.09. The van der Waals surface area contributed by atoms with Crippen molar-refractivity contribution in [1.82, 2.24) is 0 Å². The third-order valence-corrected chi connectivity index (χ3v) is 2.85. The lowest BCUT2D eigenvalue weighted by molar-refractivity contribution is 0.141. The maximum absolute atomic E-state index is 10.1. The van der Waals surface area contributed by atoms with Crippen molar-refractivity contribution < 1.29 is 5.11 Å². The summed E-state index contributed by atoms with van der Waals surface area (Å²) in [4.78, 5) is 4.12. The Balaban J connectivity index is 2.28. The van der Waals surface area contributed by atoms with Crippen LogP contribution >= 0.6 is 0 Å². The molecule has 0 saturated heterocycles. The lowest BCUT2D eigenvalue weighted by Crippen LogP contribution is -2.28. The summed E-state index contributed by atoms with van der Waals surface area (Å²) >= 11 is 0. The summed E-state index contributed by atoms with van der Waals surface area (Å²) in [5, 5.41) is 10.1. The Labute approximate surface area is 109 Å². The molecule has 0 radical (unpaired) electrons. The number of unbranched alkanes of at least 4 members (excludes halogenated alkanes) is 1. The summed E-state index contributed by atoms with van der Waals surface area (Å²) in [7, 11) is 0. The number of rotatable bonds is 7. The van der Waals surface area contributed by atoms with Crippen molar-refractivity contribution in [3.8, 4) is 0 Å². The number of aliphatic hydroxyl groups excluding tert-OH is 1. The van der Waals surface area contributed by atoms with Crippen LogP contribution in [0.1, 0.15) is 37.9 Å². The van der Waals surface area contributed by atoms with E-state index in [1.165, 1.54) is 0 Å². The van der Waals surface area contributed by atoms with Gasteiger partial charge in [-0.1, -0.05) is 30.3 Å². The molecule has 1 rings (SSSR count). The molecule has 4 nitrogen and oxygen atoms in total. The van der Waals surface area contributed by atoms with Gasteiger partial charge in [0.05, 0.1) is 11.9 Å². The fourth-order valence-corrected chi connectivity index (χ4v) is 1.80. The van der Waals surface area contributed by atoms with E-state index < -0.39 is 6.10 Å². The number of hydrogen-bond acceptors (Lipinski definition) is 3. The molecule has 0 aliphatic carbocycles. The molecule has 1 unspecified atom stereocenters. The van der Waals surface area contributed by atoms with Gasteiger partial charge in [0.15, 0.2) is 0 Å². The minimum atomic E-state index is -0.592. The molecule has 18 heavy (non-hydrogen) atoms. The van der Waals surface area contributed by atoms with Crippen molar-refractivity contribution in [2.24, 2.45) is 16.5 Å². The predicted molar refractivity (Wildman–Crippen MR) is 75.4 cm³/mol.